The number of nitrogens with one attached hydrogen (secondary N) is 1. The smallest absolute Gasteiger partial charge is 0.124 e. The molecular formula is C15H23BrFN. The molecule has 0 heterocycles. The predicted molar refractivity (Wildman–Crippen MR) is 79.5 cm³/mol. The highest BCUT2D eigenvalue weighted by molar-refractivity contribution is 9.10. The van der Waals surface area contributed by atoms with Crippen molar-refractivity contribution in [2.24, 2.45) is 0 Å². The Morgan fingerprint density at radius 3 is 2.56 bits per heavy atom. The third-order valence-corrected chi connectivity index (χ3v) is 4.00. The minimum atomic E-state index is -0.189. The first-order chi connectivity index (χ1) is 8.60. The molecule has 0 amide bonds. The number of hydrogen-bond acceptors (Lipinski definition) is 1. The minimum absolute atomic E-state index is 0.189. The zero-order valence-electron chi connectivity index (χ0n) is 11.5. The Labute approximate surface area is 118 Å². The van der Waals surface area contributed by atoms with Gasteiger partial charge in [0, 0.05) is 10.5 Å². The van der Waals surface area contributed by atoms with Crippen molar-refractivity contribution in [2.75, 3.05) is 6.54 Å². The van der Waals surface area contributed by atoms with Crippen LogP contribution in [0.4, 0.5) is 4.39 Å². The second-order valence-corrected chi connectivity index (χ2v) is 5.66. The first kappa shape index (κ1) is 15.6. The summed E-state index contributed by atoms with van der Waals surface area (Å²) >= 11 is 3.47. The van der Waals surface area contributed by atoms with Gasteiger partial charge in [0.2, 0.25) is 0 Å². The van der Waals surface area contributed by atoms with E-state index >= 15 is 0 Å². The van der Waals surface area contributed by atoms with Crippen LogP contribution in [0.3, 0.4) is 0 Å². The van der Waals surface area contributed by atoms with Gasteiger partial charge in [-0.3, -0.25) is 0 Å². The van der Waals surface area contributed by atoms with Crippen molar-refractivity contribution >= 4 is 15.9 Å². The topological polar surface area (TPSA) is 12.0 Å². The Morgan fingerprint density at radius 1 is 1.28 bits per heavy atom. The molecule has 0 saturated heterocycles. The molecular weight excluding hydrogens is 293 g/mol. The lowest BCUT2D eigenvalue weighted by Gasteiger charge is -2.26. The van der Waals surface area contributed by atoms with Crippen molar-refractivity contribution < 1.29 is 4.39 Å². The molecule has 1 aromatic carbocycles. The molecule has 0 bridgehead atoms. The highest BCUT2D eigenvalue weighted by Gasteiger charge is 2.19. The predicted octanol–water partition coefficient (Wildman–Crippen LogP) is 4.86. The summed E-state index contributed by atoms with van der Waals surface area (Å²) in [6.07, 6.45) is 3.44. The minimum Gasteiger partial charge on any atom is -0.313 e. The van der Waals surface area contributed by atoms with Gasteiger partial charge in [0.05, 0.1) is 0 Å². The number of hydrogen-bond donors (Lipinski definition) is 1. The van der Waals surface area contributed by atoms with E-state index in [0.29, 0.717) is 12.0 Å². The van der Waals surface area contributed by atoms with Crippen LogP contribution in [0.2, 0.25) is 0 Å². The number of rotatable bonds is 7. The third kappa shape index (κ3) is 4.36. The molecule has 0 saturated carbocycles. The van der Waals surface area contributed by atoms with E-state index in [4.69, 9.17) is 0 Å². The van der Waals surface area contributed by atoms with Crippen molar-refractivity contribution in [1.29, 1.82) is 0 Å². The summed E-state index contributed by atoms with van der Waals surface area (Å²) in [5.41, 5.74) is 1.18. The first-order valence-corrected chi connectivity index (χ1v) is 7.57. The van der Waals surface area contributed by atoms with Gasteiger partial charge < -0.3 is 5.32 Å². The second-order valence-electron chi connectivity index (χ2n) is 4.80. The van der Waals surface area contributed by atoms with Gasteiger partial charge in [-0.25, -0.2) is 4.39 Å². The molecule has 2 atom stereocenters. The molecule has 0 aliphatic rings. The maximum atomic E-state index is 13.1. The first-order valence-electron chi connectivity index (χ1n) is 6.78. The molecule has 3 heteroatoms. The molecule has 0 aliphatic heterocycles. The van der Waals surface area contributed by atoms with E-state index in [9.17, 15) is 4.39 Å². The molecule has 102 valence electrons. The van der Waals surface area contributed by atoms with Crippen molar-refractivity contribution in [3.63, 3.8) is 0 Å². The van der Waals surface area contributed by atoms with E-state index in [0.717, 1.165) is 30.3 Å². The molecule has 0 radical (unpaired) electrons. The van der Waals surface area contributed by atoms with E-state index in [1.165, 1.54) is 5.56 Å². The lowest BCUT2D eigenvalue weighted by Crippen LogP contribution is -2.34. The Kier molecular flexibility index (Phi) is 6.87. The van der Waals surface area contributed by atoms with E-state index in [1.54, 1.807) is 12.1 Å². The summed E-state index contributed by atoms with van der Waals surface area (Å²) in [5, 5.41) is 3.60. The number of benzene rings is 1. The van der Waals surface area contributed by atoms with Crippen LogP contribution in [-0.2, 0) is 0 Å². The van der Waals surface area contributed by atoms with Crippen molar-refractivity contribution in [3.8, 4) is 0 Å². The molecule has 1 N–H and O–H groups in total. The largest absolute Gasteiger partial charge is 0.313 e. The maximum Gasteiger partial charge on any atom is 0.124 e. The standard InChI is InChI=1S/C15H23BrFN/c1-4-6-15(18-9-5-2)11(3)13-8-7-12(17)10-14(13)16/h7-8,10-11,15,18H,4-6,9H2,1-3H3. The highest BCUT2D eigenvalue weighted by Crippen LogP contribution is 2.29. The fourth-order valence-corrected chi connectivity index (χ4v) is 2.97. The van der Waals surface area contributed by atoms with Gasteiger partial charge in [-0.1, -0.05) is 49.2 Å². The summed E-state index contributed by atoms with van der Waals surface area (Å²) in [4.78, 5) is 0. The summed E-state index contributed by atoms with van der Waals surface area (Å²) < 4.78 is 14.0. The Balaban J connectivity index is 2.83. The van der Waals surface area contributed by atoms with Gasteiger partial charge in [0.25, 0.3) is 0 Å². The van der Waals surface area contributed by atoms with Crippen LogP contribution in [0, 0.1) is 5.82 Å². The maximum absolute atomic E-state index is 13.1. The summed E-state index contributed by atoms with van der Waals surface area (Å²) in [6.45, 7) is 7.62. The van der Waals surface area contributed by atoms with E-state index < -0.39 is 0 Å². The lowest BCUT2D eigenvalue weighted by atomic mass is 9.90. The van der Waals surface area contributed by atoms with Crippen LogP contribution in [0.25, 0.3) is 0 Å². The van der Waals surface area contributed by atoms with Gasteiger partial charge in [-0.05, 0) is 43.0 Å². The van der Waals surface area contributed by atoms with Gasteiger partial charge >= 0.3 is 0 Å². The normalized spacial score (nSPS) is 14.5. The van der Waals surface area contributed by atoms with Crippen LogP contribution >= 0.6 is 15.9 Å². The summed E-state index contributed by atoms with van der Waals surface area (Å²) in [5.74, 6) is 0.192. The zero-order valence-corrected chi connectivity index (χ0v) is 13.1. The van der Waals surface area contributed by atoms with Crippen LogP contribution < -0.4 is 5.32 Å². The molecule has 1 aromatic rings. The van der Waals surface area contributed by atoms with Crippen molar-refractivity contribution in [1.82, 2.24) is 5.32 Å². The van der Waals surface area contributed by atoms with Gasteiger partial charge in [0.1, 0.15) is 5.82 Å². The highest BCUT2D eigenvalue weighted by atomic mass is 79.9. The van der Waals surface area contributed by atoms with E-state index in [2.05, 4.69) is 42.0 Å². The molecule has 0 aromatic heterocycles. The molecule has 0 spiro atoms. The van der Waals surface area contributed by atoms with Crippen LogP contribution in [0.15, 0.2) is 22.7 Å². The summed E-state index contributed by atoms with van der Waals surface area (Å²) in [6, 6.07) is 5.44. The van der Waals surface area contributed by atoms with Crippen molar-refractivity contribution in [3.05, 3.63) is 34.1 Å². The molecule has 1 nitrogen and oxygen atoms in total. The van der Waals surface area contributed by atoms with Crippen LogP contribution in [0.1, 0.15) is 51.5 Å². The average molecular weight is 316 g/mol. The molecule has 2 unspecified atom stereocenters. The van der Waals surface area contributed by atoms with Gasteiger partial charge in [-0.15, -0.1) is 0 Å². The third-order valence-electron chi connectivity index (χ3n) is 3.31. The Hall–Kier alpha value is -0.410. The van der Waals surface area contributed by atoms with Crippen molar-refractivity contribution in [2.45, 2.75) is 52.0 Å². The van der Waals surface area contributed by atoms with Crippen LogP contribution in [-0.4, -0.2) is 12.6 Å². The van der Waals surface area contributed by atoms with E-state index in [1.807, 2.05) is 6.07 Å². The second kappa shape index (κ2) is 7.90. The molecule has 0 fully saturated rings. The van der Waals surface area contributed by atoms with Gasteiger partial charge in [0.15, 0.2) is 0 Å². The van der Waals surface area contributed by atoms with Gasteiger partial charge in [-0.2, -0.15) is 0 Å². The van der Waals surface area contributed by atoms with E-state index in [-0.39, 0.29) is 5.82 Å². The SMILES string of the molecule is CCCNC(CCC)C(C)c1ccc(F)cc1Br. The number of halogens is 2. The average Bonchev–Trinajstić information content (AvgIpc) is 2.33. The molecule has 18 heavy (non-hydrogen) atoms. The Bertz CT molecular complexity index is 368. The van der Waals surface area contributed by atoms with Crippen LogP contribution in [0.5, 0.6) is 0 Å². The fraction of sp³-hybridized carbons (Fsp3) is 0.600. The Morgan fingerprint density at radius 2 is 2.00 bits per heavy atom. The fourth-order valence-electron chi connectivity index (χ4n) is 2.26. The molecule has 0 aliphatic carbocycles. The summed E-state index contributed by atoms with van der Waals surface area (Å²) in [7, 11) is 0. The zero-order chi connectivity index (χ0) is 13.5. The molecule has 1 rings (SSSR count). The monoisotopic (exact) mass is 315 g/mol. The quantitative estimate of drug-likeness (QED) is 0.757. The lowest BCUT2D eigenvalue weighted by molar-refractivity contribution is 0.419.